The molecule has 0 aliphatic rings. The number of hydrogen-bond donors (Lipinski definition) is 2. The van der Waals surface area contributed by atoms with Crippen LogP contribution in [0.4, 0.5) is 5.69 Å². The summed E-state index contributed by atoms with van der Waals surface area (Å²) in [5.41, 5.74) is -0.226. The van der Waals surface area contributed by atoms with Gasteiger partial charge in [0.15, 0.2) is 11.5 Å². The third-order valence-electron chi connectivity index (χ3n) is 1.75. The Morgan fingerprint density at radius 1 is 1.57 bits per heavy atom. The highest BCUT2D eigenvalue weighted by Gasteiger charge is 2.17. The average molecular weight is 199 g/mol. The summed E-state index contributed by atoms with van der Waals surface area (Å²) in [7, 11) is 1.32. The first-order valence-electron chi connectivity index (χ1n) is 3.75. The Labute approximate surface area is 79.5 Å². The van der Waals surface area contributed by atoms with Crippen molar-refractivity contribution in [3.8, 4) is 11.5 Å². The van der Waals surface area contributed by atoms with Gasteiger partial charge in [-0.3, -0.25) is 10.1 Å². The summed E-state index contributed by atoms with van der Waals surface area (Å²) < 4.78 is 4.74. The van der Waals surface area contributed by atoms with Gasteiger partial charge in [-0.2, -0.15) is 0 Å². The van der Waals surface area contributed by atoms with Crippen molar-refractivity contribution < 1.29 is 19.9 Å². The van der Waals surface area contributed by atoms with Gasteiger partial charge in [0.05, 0.1) is 30.3 Å². The topological polar surface area (TPSA) is 92.8 Å². The van der Waals surface area contributed by atoms with E-state index in [1.54, 1.807) is 0 Å². The van der Waals surface area contributed by atoms with E-state index in [4.69, 9.17) is 9.84 Å². The fraction of sp³-hybridized carbons (Fsp3) is 0.250. The molecule has 1 aromatic carbocycles. The van der Waals surface area contributed by atoms with Gasteiger partial charge in [-0.25, -0.2) is 0 Å². The second-order valence-electron chi connectivity index (χ2n) is 2.57. The standard InChI is InChI=1S/C8H9NO5/c1-14-8-2-5(4-10)6(9(12)13)3-7(8)11/h2-3,10-11H,4H2,1H3. The zero-order chi connectivity index (χ0) is 10.7. The molecule has 0 fully saturated rings. The number of nitrogens with zero attached hydrogens (tertiary/aromatic N) is 1. The van der Waals surface area contributed by atoms with E-state index in [2.05, 4.69) is 0 Å². The largest absolute Gasteiger partial charge is 0.504 e. The molecule has 1 aromatic rings. The first-order valence-corrected chi connectivity index (χ1v) is 3.75. The number of aromatic hydroxyl groups is 1. The van der Waals surface area contributed by atoms with Crippen LogP contribution in [0.5, 0.6) is 11.5 Å². The highest BCUT2D eigenvalue weighted by Crippen LogP contribution is 2.33. The van der Waals surface area contributed by atoms with Crippen LogP contribution in [0.3, 0.4) is 0 Å². The Kier molecular flexibility index (Phi) is 2.88. The van der Waals surface area contributed by atoms with Gasteiger partial charge in [0.2, 0.25) is 0 Å². The van der Waals surface area contributed by atoms with E-state index >= 15 is 0 Å². The molecule has 0 aromatic heterocycles. The number of methoxy groups -OCH3 is 1. The molecule has 0 atom stereocenters. The number of rotatable bonds is 3. The summed E-state index contributed by atoms with van der Waals surface area (Å²) in [4.78, 5) is 9.80. The van der Waals surface area contributed by atoms with Crippen molar-refractivity contribution in [1.29, 1.82) is 0 Å². The van der Waals surface area contributed by atoms with Crippen LogP contribution in [0.1, 0.15) is 5.56 Å². The van der Waals surface area contributed by atoms with Crippen molar-refractivity contribution in [3.63, 3.8) is 0 Å². The minimum Gasteiger partial charge on any atom is -0.504 e. The molecule has 0 radical (unpaired) electrons. The lowest BCUT2D eigenvalue weighted by Gasteiger charge is -2.05. The van der Waals surface area contributed by atoms with Crippen LogP contribution in [0.25, 0.3) is 0 Å². The number of hydrogen-bond acceptors (Lipinski definition) is 5. The third kappa shape index (κ3) is 1.74. The van der Waals surface area contributed by atoms with Crippen molar-refractivity contribution in [2.45, 2.75) is 6.61 Å². The molecule has 0 amide bonds. The van der Waals surface area contributed by atoms with Crippen LogP contribution < -0.4 is 4.74 Å². The third-order valence-corrected chi connectivity index (χ3v) is 1.75. The van der Waals surface area contributed by atoms with E-state index in [0.29, 0.717) is 0 Å². The number of aliphatic hydroxyl groups is 1. The first kappa shape index (κ1) is 10.3. The number of benzene rings is 1. The summed E-state index contributed by atoms with van der Waals surface area (Å²) in [6.07, 6.45) is 0. The Bertz CT molecular complexity index is 363. The summed E-state index contributed by atoms with van der Waals surface area (Å²) in [6, 6.07) is 2.18. The Morgan fingerprint density at radius 2 is 2.21 bits per heavy atom. The maximum Gasteiger partial charge on any atom is 0.278 e. The minimum absolute atomic E-state index is 0.0969. The maximum atomic E-state index is 10.5. The van der Waals surface area contributed by atoms with Gasteiger partial charge in [-0.15, -0.1) is 0 Å². The summed E-state index contributed by atoms with van der Waals surface area (Å²) in [5, 5.41) is 28.6. The van der Waals surface area contributed by atoms with Crippen LogP contribution in [-0.2, 0) is 6.61 Å². The lowest BCUT2D eigenvalue weighted by molar-refractivity contribution is -0.385. The molecular weight excluding hydrogens is 190 g/mol. The van der Waals surface area contributed by atoms with Gasteiger partial charge in [-0.05, 0) is 6.07 Å². The number of ether oxygens (including phenoxy) is 1. The van der Waals surface area contributed by atoms with Gasteiger partial charge in [-0.1, -0.05) is 0 Å². The molecule has 0 unspecified atom stereocenters. The molecular formula is C8H9NO5. The van der Waals surface area contributed by atoms with Gasteiger partial charge < -0.3 is 14.9 Å². The molecule has 2 N–H and O–H groups in total. The number of nitro groups is 1. The second kappa shape index (κ2) is 3.93. The lowest BCUT2D eigenvalue weighted by atomic mass is 10.1. The van der Waals surface area contributed by atoms with Crippen LogP contribution in [-0.4, -0.2) is 22.2 Å². The molecule has 6 heteroatoms. The van der Waals surface area contributed by atoms with Crippen LogP contribution >= 0.6 is 0 Å². The van der Waals surface area contributed by atoms with Crippen molar-refractivity contribution in [2.75, 3.05) is 7.11 Å². The number of aliphatic hydroxyl groups excluding tert-OH is 1. The van der Waals surface area contributed by atoms with Crippen LogP contribution in [0, 0.1) is 10.1 Å². The normalized spacial score (nSPS) is 9.86. The van der Waals surface area contributed by atoms with E-state index in [-0.39, 0.29) is 22.7 Å². The van der Waals surface area contributed by atoms with Gasteiger partial charge in [0.1, 0.15) is 0 Å². The minimum atomic E-state index is -0.676. The summed E-state index contributed by atoms with van der Waals surface area (Å²) in [5.74, 6) is -0.226. The highest BCUT2D eigenvalue weighted by atomic mass is 16.6. The molecule has 0 bridgehead atoms. The Morgan fingerprint density at radius 3 is 2.64 bits per heavy atom. The maximum absolute atomic E-state index is 10.5. The van der Waals surface area contributed by atoms with E-state index < -0.39 is 11.5 Å². The molecule has 14 heavy (non-hydrogen) atoms. The highest BCUT2D eigenvalue weighted by molar-refractivity contribution is 5.53. The monoisotopic (exact) mass is 199 g/mol. The lowest BCUT2D eigenvalue weighted by Crippen LogP contribution is -1.96. The quantitative estimate of drug-likeness (QED) is 0.554. The zero-order valence-electron chi connectivity index (χ0n) is 7.43. The molecule has 1 rings (SSSR count). The molecule has 0 aliphatic heterocycles. The molecule has 0 aliphatic carbocycles. The second-order valence-corrected chi connectivity index (χ2v) is 2.57. The van der Waals surface area contributed by atoms with E-state index in [1.165, 1.54) is 13.2 Å². The SMILES string of the molecule is COc1cc(CO)c([N+](=O)[O-])cc1O. The molecule has 0 saturated heterocycles. The Balaban J connectivity index is 3.31. The van der Waals surface area contributed by atoms with Crippen LogP contribution in [0.15, 0.2) is 12.1 Å². The number of nitro benzene ring substituents is 1. The van der Waals surface area contributed by atoms with E-state index in [1.807, 2.05) is 0 Å². The summed E-state index contributed by atoms with van der Waals surface area (Å²) >= 11 is 0. The van der Waals surface area contributed by atoms with Gasteiger partial charge in [0.25, 0.3) is 5.69 Å². The fourth-order valence-corrected chi connectivity index (χ4v) is 1.06. The van der Waals surface area contributed by atoms with Crippen molar-refractivity contribution in [2.24, 2.45) is 0 Å². The predicted octanol–water partition coefficient (Wildman–Crippen LogP) is 0.801. The number of phenolic OH excluding ortho intramolecular Hbond substituents is 1. The van der Waals surface area contributed by atoms with Gasteiger partial charge >= 0.3 is 0 Å². The zero-order valence-corrected chi connectivity index (χ0v) is 7.43. The molecule has 76 valence electrons. The first-order chi connectivity index (χ1) is 6.60. The average Bonchev–Trinajstić information content (AvgIpc) is 2.17. The molecule has 0 spiro atoms. The van der Waals surface area contributed by atoms with Crippen LogP contribution in [0.2, 0.25) is 0 Å². The fourth-order valence-electron chi connectivity index (χ4n) is 1.06. The number of phenols is 1. The molecule has 0 heterocycles. The van der Waals surface area contributed by atoms with Crippen molar-refractivity contribution in [1.82, 2.24) is 0 Å². The van der Waals surface area contributed by atoms with Gasteiger partial charge in [0, 0.05) is 0 Å². The predicted molar refractivity (Wildman–Crippen MR) is 47.2 cm³/mol. The van der Waals surface area contributed by atoms with E-state index in [9.17, 15) is 15.2 Å². The molecule has 0 saturated carbocycles. The Hall–Kier alpha value is -1.82. The van der Waals surface area contributed by atoms with E-state index in [0.717, 1.165) is 6.07 Å². The van der Waals surface area contributed by atoms with Crippen molar-refractivity contribution >= 4 is 5.69 Å². The summed E-state index contributed by atoms with van der Waals surface area (Å²) in [6.45, 7) is -0.479. The molecule has 6 nitrogen and oxygen atoms in total. The smallest absolute Gasteiger partial charge is 0.278 e. The van der Waals surface area contributed by atoms with Crippen molar-refractivity contribution in [3.05, 3.63) is 27.8 Å².